The van der Waals surface area contributed by atoms with Crippen molar-refractivity contribution < 1.29 is 0 Å². The van der Waals surface area contributed by atoms with E-state index in [1.54, 1.807) is 0 Å². The summed E-state index contributed by atoms with van der Waals surface area (Å²) < 4.78 is 2.12. The Hall–Kier alpha value is -1.06. The van der Waals surface area contributed by atoms with Crippen LogP contribution in [0.4, 0.5) is 5.95 Å². The van der Waals surface area contributed by atoms with E-state index >= 15 is 0 Å². The van der Waals surface area contributed by atoms with E-state index in [1.165, 1.54) is 31.5 Å². The van der Waals surface area contributed by atoms with Crippen LogP contribution in [0.3, 0.4) is 0 Å². The van der Waals surface area contributed by atoms with Gasteiger partial charge in [0, 0.05) is 20.0 Å². The fourth-order valence-electron chi connectivity index (χ4n) is 3.44. The fourth-order valence-corrected chi connectivity index (χ4v) is 3.44. The van der Waals surface area contributed by atoms with Gasteiger partial charge in [-0.1, -0.05) is 6.42 Å². The molecule has 0 aromatic carbocycles. The maximum atomic E-state index is 4.34. The zero-order valence-electron chi connectivity index (χ0n) is 9.40. The van der Waals surface area contributed by atoms with Crippen LogP contribution in [0, 0.1) is 11.8 Å². The van der Waals surface area contributed by atoms with Gasteiger partial charge in [0.05, 0.1) is 0 Å². The van der Waals surface area contributed by atoms with Crippen molar-refractivity contribution in [1.29, 1.82) is 0 Å². The highest BCUT2D eigenvalue weighted by Gasteiger charge is 2.42. The van der Waals surface area contributed by atoms with Crippen LogP contribution in [-0.2, 0) is 7.05 Å². The van der Waals surface area contributed by atoms with Gasteiger partial charge in [-0.2, -0.15) is 0 Å². The van der Waals surface area contributed by atoms with Gasteiger partial charge < -0.3 is 9.88 Å². The molecule has 0 amide bonds. The zero-order valence-corrected chi connectivity index (χ0v) is 9.40. The van der Waals surface area contributed by atoms with Crippen molar-refractivity contribution >= 4 is 5.95 Å². The largest absolute Gasteiger partial charge is 0.357 e. The Morgan fingerprint density at radius 3 is 2.67 bits per heavy atom. The van der Waals surface area contributed by atoms with E-state index in [1.807, 2.05) is 7.05 Å². The van der Waals surface area contributed by atoms with Crippen molar-refractivity contribution in [2.45, 2.75) is 31.6 Å². The number of nitrogens with zero attached hydrogens (tertiary/aromatic N) is 3. The monoisotopic (exact) mass is 206 g/mol. The van der Waals surface area contributed by atoms with Gasteiger partial charge in [0.15, 0.2) is 0 Å². The molecule has 0 aliphatic heterocycles. The van der Waals surface area contributed by atoms with E-state index < -0.39 is 0 Å². The van der Waals surface area contributed by atoms with E-state index in [4.69, 9.17) is 0 Å². The summed E-state index contributed by atoms with van der Waals surface area (Å²) in [6, 6.07) is 0. The summed E-state index contributed by atoms with van der Waals surface area (Å²) in [7, 11) is 3.96. The molecule has 1 aromatic heterocycles. The molecule has 15 heavy (non-hydrogen) atoms. The standard InChI is InChI=1S/C11H18N4/c1-12-11-14-13-10(15(11)2)9-6-7-3-4-8(9)5-7/h7-9H,3-6H2,1-2H3,(H,12,14). The summed E-state index contributed by atoms with van der Waals surface area (Å²) in [6.45, 7) is 0. The van der Waals surface area contributed by atoms with Crippen LogP contribution in [-0.4, -0.2) is 21.8 Å². The lowest BCUT2D eigenvalue weighted by molar-refractivity contribution is 0.398. The molecule has 3 atom stereocenters. The number of fused-ring (bicyclic) bond motifs is 2. The van der Waals surface area contributed by atoms with Crippen LogP contribution in [0.15, 0.2) is 0 Å². The van der Waals surface area contributed by atoms with E-state index in [9.17, 15) is 0 Å². The van der Waals surface area contributed by atoms with Gasteiger partial charge >= 0.3 is 0 Å². The molecule has 0 radical (unpaired) electrons. The third kappa shape index (κ3) is 1.27. The molecule has 2 fully saturated rings. The van der Waals surface area contributed by atoms with Crippen LogP contribution in [0.5, 0.6) is 0 Å². The molecule has 1 heterocycles. The molecule has 3 rings (SSSR count). The van der Waals surface area contributed by atoms with Crippen molar-refractivity contribution in [2.24, 2.45) is 18.9 Å². The number of anilines is 1. The smallest absolute Gasteiger partial charge is 0.224 e. The summed E-state index contributed by atoms with van der Waals surface area (Å²) in [5.74, 6) is 4.58. The van der Waals surface area contributed by atoms with Gasteiger partial charge in [-0.3, -0.25) is 0 Å². The van der Waals surface area contributed by atoms with Crippen LogP contribution in [0.2, 0.25) is 0 Å². The van der Waals surface area contributed by atoms with Gasteiger partial charge in [-0.25, -0.2) is 0 Å². The first-order valence-corrected chi connectivity index (χ1v) is 5.86. The van der Waals surface area contributed by atoms with Gasteiger partial charge in [0.2, 0.25) is 5.95 Å². The van der Waals surface area contributed by atoms with Gasteiger partial charge in [0.1, 0.15) is 5.82 Å². The minimum absolute atomic E-state index is 0.670. The second-order valence-corrected chi connectivity index (χ2v) is 4.97. The third-order valence-corrected chi connectivity index (χ3v) is 4.20. The lowest BCUT2D eigenvalue weighted by atomic mass is 9.88. The number of rotatable bonds is 2. The first kappa shape index (κ1) is 9.19. The third-order valence-electron chi connectivity index (χ3n) is 4.20. The molecular weight excluding hydrogens is 188 g/mol. The maximum absolute atomic E-state index is 4.34. The minimum atomic E-state index is 0.670. The summed E-state index contributed by atoms with van der Waals surface area (Å²) in [4.78, 5) is 0. The maximum Gasteiger partial charge on any atom is 0.224 e. The quantitative estimate of drug-likeness (QED) is 0.801. The summed E-state index contributed by atoms with van der Waals surface area (Å²) >= 11 is 0. The van der Waals surface area contributed by atoms with Crippen molar-refractivity contribution in [3.8, 4) is 0 Å². The molecule has 2 aliphatic rings. The van der Waals surface area contributed by atoms with E-state index in [-0.39, 0.29) is 0 Å². The van der Waals surface area contributed by atoms with Crippen LogP contribution >= 0.6 is 0 Å². The summed E-state index contributed by atoms with van der Waals surface area (Å²) in [5, 5.41) is 11.6. The molecule has 2 aliphatic carbocycles. The number of hydrogen-bond acceptors (Lipinski definition) is 3. The van der Waals surface area contributed by atoms with Gasteiger partial charge in [-0.05, 0) is 31.1 Å². The average Bonchev–Trinajstić information content (AvgIpc) is 2.91. The second-order valence-electron chi connectivity index (χ2n) is 4.97. The SMILES string of the molecule is CNc1nnc(C2CC3CCC2C3)n1C. The zero-order chi connectivity index (χ0) is 10.4. The Kier molecular flexibility index (Phi) is 1.97. The Labute approximate surface area is 90.1 Å². The molecule has 1 aromatic rings. The Morgan fingerprint density at radius 1 is 1.27 bits per heavy atom. The van der Waals surface area contributed by atoms with Gasteiger partial charge in [0.25, 0.3) is 0 Å². The first-order valence-electron chi connectivity index (χ1n) is 5.86. The minimum Gasteiger partial charge on any atom is -0.357 e. The number of nitrogens with one attached hydrogen (secondary N) is 1. The Bertz CT molecular complexity index is 371. The number of hydrogen-bond donors (Lipinski definition) is 1. The van der Waals surface area contributed by atoms with Crippen LogP contribution in [0.25, 0.3) is 0 Å². The highest BCUT2D eigenvalue weighted by molar-refractivity contribution is 5.25. The Morgan fingerprint density at radius 2 is 2.13 bits per heavy atom. The van der Waals surface area contributed by atoms with Crippen molar-refractivity contribution in [3.63, 3.8) is 0 Å². The highest BCUT2D eigenvalue weighted by Crippen LogP contribution is 2.52. The predicted octanol–water partition coefficient (Wildman–Crippen LogP) is 1.76. The normalized spacial score (nSPS) is 33.6. The molecular formula is C11H18N4. The molecule has 4 heteroatoms. The van der Waals surface area contributed by atoms with Crippen molar-refractivity contribution in [3.05, 3.63) is 5.82 Å². The molecule has 2 bridgehead atoms. The van der Waals surface area contributed by atoms with Crippen molar-refractivity contribution in [1.82, 2.24) is 14.8 Å². The molecule has 2 saturated carbocycles. The van der Waals surface area contributed by atoms with E-state index in [2.05, 4.69) is 27.1 Å². The molecule has 4 nitrogen and oxygen atoms in total. The molecule has 0 saturated heterocycles. The Balaban J connectivity index is 1.90. The first-order chi connectivity index (χ1) is 7.29. The van der Waals surface area contributed by atoms with Crippen molar-refractivity contribution in [2.75, 3.05) is 12.4 Å². The molecule has 82 valence electrons. The highest BCUT2D eigenvalue weighted by atomic mass is 15.3. The topological polar surface area (TPSA) is 42.7 Å². The molecule has 1 N–H and O–H groups in total. The molecule has 0 spiro atoms. The van der Waals surface area contributed by atoms with Crippen LogP contribution in [0.1, 0.15) is 37.4 Å². The predicted molar refractivity (Wildman–Crippen MR) is 58.7 cm³/mol. The average molecular weight is 206 g/mol. The van der Waals surface area contributed by atoms with E-state index in [0.717, 1.165) is 17.8 Å². The summed E-state index contributed by atoms with van der Waals surface area (Å²) in [6.07, 6.45) is 5.60. The van der Waals surface area contributed by atoms with E-state index in [0.29, 0.717) is 5.92 Å². The summed E-state index contributed by atoms with van der Waals surface area (Å²) in [5.41, 5.74) is 0. The fraction of sp³-hybridized carbons (Fsp3) is 0.818. The molecule has 3 unspecified atom stereocenters. The second kappa shape index (κ2) is 3.22. The number of aromatic nitrogens is 3. The lowest BCUT2D eigenvalue weighted by Gasteiger charge is -2.20. The van der Waals surface area contributed by atoms with Crippen LogP contribution < -0.4 is 5.32 Å². The van der Waals surface area contributed by atoms with Gasteiger partial charge in [-0.15, -0.1) is 10.2 Å². The lowest BCUT2D eigenvalue weighted by Crippen LogP contribution is -2.14.